The van der Waals surface area contributed by atoms with Gasteiger partial charge in [0.15, 0.2) is 0 Å². The van der Waals surface area contributed by atoms with Crippen LogP contribution in [-0.4, -0.2) is 5.60 Å². The average molecular weight is 535 g/mol. The summed E-state index contributed by atoms with van der Waals surface area (Å²) in [4.78, 5) is 0. The molecule has 0 fully saturated rings. The van der Waals surface area contributed by atoms with Crippen LogP contribution in [0.5, 0.6) is 5.75 Å². The molecule has 0 bridgehead atoms. The van der Waals surface area contributed by atoms with Crippen LogP contribution in [0.2, 0.25) is 0 Å². The average Bonchev–Trinajstić information content (AvgIpc) is 2.46. The predicted molar refractivity (Wildman–Crippen MR) is 95.2 cm³/mol. The van der Waals surface area contributed by atoms with E-state index in [0.717, 1.165) is 30.6 Å². The third-order valence-corrected chi connectivity index (χ3v) is 4.20. The first-order valence-corrected chi connectivity index (χ1v) is 8.58. The van der Waals surface area contributed by atoms with E-state index < -0.39 is 0 Å². The Morgan fingerprint density at radius 2 is 2.09 bits per heavy atom. The zero-order valence-corrected chi connectivity index (χ0v) is 19.2. The van der Waals surface area contributed by atoms with Gasteiger partial charge in [-0.1, -0.05) is 50.3 Å². The van der Waals surface area contributed by atoms with Gasteiger partial charge in [-0.15, -0.1) is 35.4 Å². The van der Waals surface area contributed by atoms with Gasteiger partial charge < -0.3 is 4.74 Å². The van der Waals surface area contributed by atoms with Gasteiger partial charge in [-0.3, -0.25) is 0 Å². The van der Waals surface area contributed by atoms with Crippen LogP contribution in [0.3, 0.4) is 0 Å². The van der Waals surface area contributed by atoms with Crippen molar-refractivity contribution in [3.8, 4) is 5.75 Å². The Morgan fingerprint density at radius 1 is 1.30 bits per heavy atom. The Morgan fingerprint density at radius 3 is 2.78 bits per heavy atom. The van der Waals surface area contributed by atoms with Crippen molar-refractivity contribution in [2.45, 2.75) is 71.8 Å². The minimum absolute atomic E-state index is 0. The number of rotatable bonds is 7. The normalized spacial score (nSPS) is 18.6. The molecule has 0 N–H and O–H groups in total. The van der Waals surface area contributed by atoms with E-state index in [2.05, 4.69) is 64.1 Å². The number of hydrogen-bond donors (Lipinski definition) is 0. The number of unbranched alkanes of at least 4 members (excludes halogenated alkanes) is 2. The summed E-state index contributed by atoms with van der Waals surface area (Å²) in [6.45, 7) is 8.71. The molecule has 0 aromatic heterocycles. The summed E-state index contributed by atoms with van der Waals surface area (Å²) >= 11 is 0. The standard InChI is InChI=1S/C21H29O.U/c1-5-6-7-10-18-11-12-19-13-15-21(4,22-20(19)16-18)14-8-9-17(2)3;/h9,11,13,15-16H,5-8,10,14H2,1-4H3;/q-1;. The van der Waals surface area contributed by atoms with Gasteiger partial charge in [0, 0.05) is 36.9 Å². The molecule has 1 aromatic carbocycles. The molecule has 0 saturated heterocycles. The molecule has 1 nitrogen and oxygen atoms in total. The maximum atomic E-state index is 6.30. The van der Waals surface area contributed by atoms with E-state index in [4.69, 9.17) is 4.74 Å². The molecular weight excluding hydrogens is 506 g/mol. The third-order valence-electron chi connectivity index (χ3n) is 4.20. The summed E-state index contributed by atoms with van der Waals surface area (Å²) in [7, 11) is 0. The number of ether oxygens (including phenoxy) is 1. The van der Waals surface area contributed by atoms with Gasteiger partial charge in [0.1, 0.15) is 5.60 Å². The smallest absolute Gasteiger partial charge is 0.105 e. The second kappa shape index (κ2) is 9.75. The largest absolute Gasteiger partial charge is 0.529 e. The first kappa shape index (κ1) is 20.6. The molecule has 1 aliphatic rings. The Balaban J connectivity index is 0.00000264. The van der Waals surface area contributed by atoms with E-state index in [1.54, 1.807) is 0 Å². The number of allylic oxidation sites excluding steroid dienone is 2. The molecule has 1 unspecified atom stereocenters. The van der Waals surface area contributed by atoms with Crippen LogP contribution < -0.4 is 4.74 Å². The summed E-state index contributed by atoms with van der Waals surface area (Å²) in [6.07, 6.45) is 13.6. The second-order valence-corrected chi connectivity index (χ2v) is 6.81. The van der Waals surface area contributed by atoms with Gasteiger partial charge in [0.2, 0.25) is 0 Å². The summed E-state index contributed by atoms with van der Waals surface area (Å²) in [5.41, 5.74) is 3.60. The molecule has 2 heteroatoms. The van der Waals surface area contributed by atoms with Crippen LogP contribution in [0, 0.1) is 37.2 Å². The first-order chi connectivity index (χ1) is 10.5. The molecule has 0 spiro atoms. The van der Waals surface area contributed by atoms with Crippen LogP contribution in [0.15, 0.2) is 29.9 Å². The monoisotopic (exact) mass is 535 g/mol. The van der Waals surface area contributed by atoms with Crippen LogP contribution in [0.4, 0.5) is 0 Å². The number of aryl methyl sites for hydroxylation is 1. The molecule has 1 aromatic rings. The van der Waals surface area contributed by atoms with Crippen molar-refractivity contribution in [2.75, 3.05) is 0 Å². The Hall–Kier alpha value is -0.448. The van der Waals surface area contributed by atoms with Crippen LogP contribution >= 0.6 is 0 Å². The van der Waals surface area contributed by atoms with Gasteiger partial charge in [0.25, 0.3) is 0 Å². The minimum atomic E-state index is -0.200. The van der Waals surface area contributed by atoms with Crippen LogP contribution in [0.1, 0.15) is 70.9 Å². The molecule has 0 aliphatic carbocycles. The van der Waals surface area contributed by atoms with Crippen molar-refractivity contribution >= 4 is 6.08 Å². The van der Waals surface area contributed by atoms with Crippen LogP contribution in [-0.2, 0) is 6.42 Å². The van der Waals surface area contributed by atoms with E-state index in [9.17, 15) is 0 Å². The van der Waals surface area contributed by atoms with Crippen molar-refractivity contribution in [1.82, 2.24) is 0 Å². The predicted octanol–water partition coefficient (Wildman–Crippen LogP) is 6.13. The molecule has 1 atom stereocenters. The summed E-state index contributed by atoms with van der Waals surface area (Å²) < 4.78 is 6.30. The topological polar surface area (TPSA) is 9.23 Å². The quantitative estimate of drug-likeness (QED) is 0.232. The summed E-state index contributed by atoms with van der Waals surface area (Å²) in [6, 6.07) is 7.70. The van der Waals surface area contributed by atoms with E-state index in [0.29, 0.717) is 0 Å². The van der Waals surface area contributed by atoms with Crippen molar-refractivity contribution in [2.24, 2.45) is 0 Å². The molecule has 1 heterocycles. The zero-order chi connectivity index (χ0) is 16.0. The number of hydrogen-bond acceptors (Lipinski definition) is 1. The Kier molecular flexibility index (Phi) is 8.73. The second-order valence-electron chi connectivity index (χ2n) is 6.81. The Labute approximate surface area is 166 Å². The maximum Gasteiger partial charge on any atom is 0.105 e. The molecule has 124 valence electrons. The summed E-state index contributed by atoms with van der Waals surface area (Å²) in [5, 5.41) is 0. The fraction of sp³-hybridized carbons (Fsp3) is 0.524. The van der Waals surface area contributed by atoms with Crippen molar-refractivity contribution in [3.63, 3.8) is 0 Å². The molecule has 23 heavy (non-hydrogen) atoms. The molecule has 0 saturated carbocycles. The number of fused-ring (bicyclic) bond motifs is 1. The fourth-order valence-corrected chi connectivity index (χ4v) is 2.79. The SMILES string of the molecule is CCCCCc1c[c-]c2c(c1)OC(C)(CCC=C(C)C)C=C2.[U]. The van der Waals surface area contributed by atoms with Crippen LogP contribution in [0.25, 0.3) is 6.08 Å². The van der Waals surface area contributed by atoms with Gasteiger partial charge in [0.05, 0.1) is 0 Å². The maximum absolute atomic E-state index is 6.30. The van der Waals surface area contributed by atoms with Crippen molar-refractivity contribution < 1.29 is 35.9 Å². The minimum Gasteiger partial charge on any atom is -0.529 e. The third kappa shape index (κ3) is 6.52. The van der Waals surface area contributed by atoms with Crippen molar-refractivity contribution in [1.29, 1.82) is 0 Å². The molecular formula is C21H29OU-. The van der Waals surface area contributed by atoms with Gasteiger partial charge in [-0.2, -0.15) is 0 Å². The van der Waals surface area contributed by atoms with E-state index in [-0.39, 0.29) is 36.7 Å². The van der Waals surface area contributed by atoms with E-state index in [1.165, 1.54) is 30.4 Å². The van der Waals surface area contributed by atoms with Gasteiger partial charge in [-0.05, 0) is 33.6 Å². The van der Waals surface area contributed by atoms with Gasteiger partial charge >= 0.3 is 0 Å². The van der Waals surface area contributed by atoms with Gasteiger partial charge in [-0.25, -0.2) is 0 Å². The molecule has 1 aliphatic heterocycles. The molecule has 2 rings (SSSR count). The first-order valence-electron chi connectivity index (χ1n) is 8.58. The fourth-order valence-electron chi connectivity index (χ4n) is 2.79. The zero-order valence-electron chi connectivity index (χ0n) is 15.0. The Bertz CT molecular complexity index is 555. The number of benzene rings is 1. The van der Waals surface area contributed by atoms with E-state index >= 15 is 0 Å². The van der Waals surface area contributed by atoms with Crippen molar-refractivity contribution in [3.05, 3.63) is 47.1 Å². The summed E-state index contributed by atoms with van der Waals surface area (Å²) in [5.74, 6) is 0.996. The van der Waals surface area contributed by atoms with E-state index in [1.807, 2.05) is 0 Å². The molecule has 0 amide bonds. The molecule has 0 radical (unpaired) electrons.